The molecule has 0 aliphatic heterocycles. The number of aliphatic hydroxyl groups is 1. The molecule has 19 heavy (non-hydrogen) atoms. The minimum atomic E-state index is -0.474. The first-order valence-corrected chi connectivity index (χ1v) is 7.12. The largest absolute Gasteiger partial charge is 0.490 e. The molecule has 0 aromatic heterocycles. The second kappa shape index (κ2) is 6.92. The highest BCUT2D eigenvalue weighted by Crippen LogP contribution is 2.29. The van der Waals surface area contributed by atoms with E-state index in [9.17, 15) is 9.90 Å². The maximum atomic E-state index is 10.9. The van der Waals surface area contributed by atoms with E-state index in [4.69, 9.17) is 16.3 Å². The van der Waals surface area contributed by atoms with Gasteiger partial charge in [0.2, 0.25) is 0 Å². The van der Waals surface area contributed by atoms with Crippen molar-refractivity contribution in [2.45, 2.75) is 38.2 Å². The molecule has 1 atom stereocenters. The molecule has 1 aromatic carbocycles. The van der Waals surface area contributed by atoms with Crippen molar-refractivity contribution in [2.75, 3.05) is 6.61 Å². The number of aldehydes is 1. The third-order valence-corrected chi connectivity index (χ3v) is 3.85. The summed E-state index contributed by atoms with van der Waals surface area (Å²) in [5.41, 5.74) is 0.417. The van der Waals surface area contributed by atoms with Gasteiger partial charge in [-0.15, -0.1) is 0 Å². The van der Waals surface area contributed by atoms with Gasteiger partial charge in [0.1, 0.15) is 12.4 Å². The minimum Gasteiger partial charge on any atom is -0.490 e. The molecule has 1 unspecified atom stereocenters. The summed E-state index contributed by atoms with van der Waals surface area (Å²) in [5.74, 6) is 1.10. The summed E-state index contributed by atoms with van der Waals surface area (Å²) in [5, 5.41) is 10.5. The highest BCUT2D eigenvalue weighted by molar-refractivity contribution is 6.30. The highest BCUT2D eigenvalue weighted by Gasteiger charge is 2.19. The van der Waals surface area contributed by atoms with Gasteiger partial charge in [0.15, 0.2) is 6.29 Å². The number of carbonyl (C=O) groups is 1. The Labute approximate surface area is 118 Å². The second-order valence-corrected chi connectivity index (χ2v) is 5.59. The van der Waals surface area contributed by atoms with Crippen molar-refractivity contribution in [3.05, 3.63) is 28.8 Å². The van der Waals surface area contributed by atoms with Gasteiger partial charge in [0, 0.05) is 5.02 Å². The number of rotatable bonds is 6. The summed E-state index contributed by atoms with van der Waals surface area (Å²) in [6.07, 6.45) is 5.97. The van der Waals surface area contributed by atoms with Gasteiger partial charge in [0.25, 0.3) is 0 Å². The van der Waals surface area contributed by atoms with Crippen molar-refractivity contribution in [3.8, 4) is 5.75 Å². The molecule has 0 spiro atoms. The van der Waals surface area contributed by atoms with Gasteiger partial charge in [-0.05, 0) is 30.5 Å². The number of ether oxygens (including phenoxy) is 1. The lowest BCUT2D eigenvalue weighted by Crippen LogP contribution is -2.20. The zero-order valence-electron chi connectivity index (χ0n) is 10.8. The molecule has 1 aliphatic carbocycles. The zero-order valence-corrected chi connectivity index (χ0v) is 11.6. The number of benzene rings is 1. The van der Waals surface area contributed by atoms with Gasteiger partial charge in [-0.25, -0.2) is 0 Å². The normalized spacial score (nSPS) is 17.4. The van der Waals surface area contributed by atoms with Crippen molar-refractivity contribution in [1.82, 2.24) is 0 Å². The molecule has 1 aliphatic rings. The van der Waals surface area contributed by atoms with Crippen molar-refractivity contribution >= 4 is 17.9 Å². The molecule has 3 nitrogen and oxygen atoms in total. The van der Waals surface area contributed by atoms with Crippen molar-refractivity contribution in [3.63, 3.8) is 0 Å². The van der Waals surface area contributed by atoms with Gasteiger partial charge in [-0.3, -0.25) is 4.79 Å². The van der Waals surface area contributed by atoms with Gasteiger partial charge in [-0.2, -0.15) is 0 Å². The average Bonchev–Trinajstić information content (AvgIpc) is 2.90. The molecule has 4 heteroatoms. The number of carbonyl (C=O) groups excluding carboxylic acids is 1. The third-order valence-electron chi connectivity index (χ3n) is 3.61. The van der Waals surface area contributed by atoms with E-state index in [1.165, 1.54) is 25.7 Å². The summed E-state index contributed by atoms with van der Waals surface area (Å²) in [4.78, 5) is 10.9. The summed E-state index contributed by atoms with van der Waals surface area (Å²) in [7, 11) is 0. The number of hydrogen-bond acceptors (Lipinski definition) is 3. The van der Waals surface area contributed by atoms with Crippen LogP contribution in [0, 0.1) is 5.92 Å². The molecule has 0 radical (unpaired) electrons. The molecule has 1 saturated carbocycles. The Balaban J connectivity index is 1.85. The van der Waals surface area contributed by atoms with Gasteiger partial charge < -0.3 is 9.84 Å². The van der Waals surface area contributed by atoms with Crippen LogP contribution in [0.15, 0.2) is 18.2 Å². The Morgan fingerprint density at radius 1 is 1.42 bits per heavy atom. The van der Waals surface area contributed by atoms with E-state index in [1.807, 2.05) is 0 Å². The van der Waals surface area contributed by atoms with Crippen LogP contribution in [0.4, 0.5) is 0 Å². The van der Waals surface area contributed by atoms with Crippen LogP contribution in [0.1, 0.15) is 42.5 Å². The van der Waals surface area contributed by atoms with Crippen LogP contribution >= 0.6 is 11.6 Å². The highest BCUT2D eigenvalue weighted by atomic mass is 35.5. The minimum absolute atomic E-state index is 0.221. The van der Waals surface area contributed by atoms with Crippen LogP contribution in [0.3, 0.4) is 0 Å². The maximum absolute atomic E-state index is 10.9. The van der Waals surface area contributed by atoms with E-state index in [0.717, 1.165) is 6.42 Å². The first-order chi connectivity index (χ1) is 9.19. The summed E-state index contributed by atoms with van der Waals surface area (Å²) < 4.78 is 5.52. The van der Waals surface area contributed by atoms with Crippen molar-refractivity contribution in [2.24, 2.45) is 5.92 Å². The average molecular weight is 283 g/mol. The van der Waals surface area contributed by atoms with Crippen LogP contribution in [0.25, 0.3) is 0 Å². The predicted octanol–water partition coefficient (Wildman–Crippen LogP) is 3.47. The molecule has 1 fully saturated rings. The molecule has 0 amide bonds. The fourth-order valence-electron chi connectivity index (χ4n) is 2.63. The number of aliphatic hydroxyl groups excluding tert-OH is 1. The summed E-state index contributed by atoms with van der Waals surface area (Å²) >= 11 is 5.81. The van der Waals surface area contributed by atoms with E-state index in [0.29, 0.717) is 28.5 Å². The fourth-order valence-corrected chi connectivity index (χ4v) is 2.81. The standard InChI is InChI=1S/C15H19ClO3/c16-13-5-6-15(12(8-13)9-17)19-10-14(18)7-11-3-1-2-4-11/h5-6,8-9,11,14,18H,1-4,7,10H2. The molecule has 0 saturated heterocycles. The van der Waals surface area contributed by atoms with Crippen LogP contribution < -0.4 is 4.74 Å². The van der Waals surface area contributed by atoms with E-state index in [1.54, 1.807) is 18.2 Å². The molecular weight excluding hydrogens is 264 g/mol. The van der Waals surface area contributed by atoms with Crippen LogP contribution in [0.5, 0.6) is 5.75 Å². The molecule has 104 valence electrons. The molecule has 0 heterocycles. The summed E-state index contributed by atoms with van der Waals surface area (Å²) in [6.45, 7) is 0.221. The number of hydrogen-bond donors (Lipinski definition) is 1. The zero-order chi connectivity index (χ0) is 13.7. The van der Waals surface area contributed by atoms with E-state index >= 15 is 0 Å². The first-order valence-electron chi connectivity index (χ1n) is 6.74. The van der Waals surface area contributed by atoms with Gasteiger partial charge >= 0.3 is 0 Å². The maximum Gasteiger partial charge on any atom is 0.153 e. The lowest BCUT2D eigenvalue weighted by atomic mass is 10.0. The van der Waals surface area contributed by atoms with Crippen molar-refractivity contribution < 1.29 is 14.6 Å². The first kappa shape index (κ1) is 14.4. The quantitative estimate of drug-likeness (QED) is 0.813. The topological polar surface area (TPSA) is 46.5 Å². The molecule has 0 bridgehead atoms. The lowest BCUT2D eigenvalue weighted by molar-refractivity contribution is 0.0846. The Bertz CT molecular complexity index is 427. The van der Waals surface area contributed by atoms with E-state index in [-0.39, 0.29) is 6.61 Å². The number of halogens is 1. The van der Waals surface area contributed by atoms with E-state index < -0.39 is 6.10 Å². The molecule has 1 aromatic rings. The Hall–Kier alpha value is -1.06. The van der Waals surface area contributed by atoms with Crippen LogP contribution in [-0.4, -0.2) is 24.1 Å². The Morgan fingerprint density at radius 3 is 2.84 bits per heavy atom. The van der Waals surface area contributed by atoms with E-state index in [2.05, 4.69) is 0 Å². The lowest BCUT2D eigenvalue weighted by Gasteiger charge is -2.16. The molecule has 1 N–H and O–H groups in total. The molecular formula is C15H19ClO3. The predicted molar refractivity (Wildman–Crippen MR) is 74.9 cm³/mol. The van der Waals surface area contributed by atoms with Crippen LogP contribution in [0.2, 0.25) is 5.02 Å². The molecule has 2 rings (SSSR count). The van der Waals surface area contributed by atoms with Gasteiger partial charge in [-0.1, -0.05) is 37.3 Å². The SMILES string of the molecule is O=Cc1cc(Cl)ccc1OCC(O)CC1CCCC1. The van der Waals surface area contributed by atoms with Crippen LogP contribution in [-0.2, 0) is 0 Å². The third kappa shape index (κ3) is 4.22. The smallest absolute Gasteiger partial charge is 0.153 e. The van der Waals surface area contributed by atoms with Gasteiger partial charge in [0.05, 0.1) is 11.7 Å². The monoisotopic (exact) mass is 282 g/mol. The second-order valence-electron chi connectivity index (χ2n) is 5.15. The Kier molecular flexibility index (Phi) is 5.23. The Morgan fingerprint density at radius 2 is 2.16 bits per heavy atom. The van der Waals surface area contributed by atoms with Crippen molar-refractivity contribution in [1.29, 1.82) is 0 Å². The fraction of sp³-hybridized carbons (Fsp3) is 0.533. The summed E-state index contributed by atoms with van der Waals surface area (Å²) in [6, 6.07) is 4.90.